The first-order valence-electron chi connectivity index (χ1n) is 12.4. The molecule has 3 amide bonds. The van der Waals surface area contributed by atoms with Gasteiger partial charge in [-0.15, -0.1) is 0 Å². The molecule has 0 aliphatic rings. The van der Waals surface area contributed by atoms with Gasteiger partial charge in [-0.2, -0.15) is 8.78 Å². The molecule has 0 saturated heterocycles. The number of hydrogen-bond acceptors (Lipinski definition) is 6. The van der Waals surface area contributed by atoms with Crippen LogP contribution in [-0.2, 0) is 24.0 Å². The van der Waals surface area contributed by atoms with Gasteiger partial charge in [0.1, 0.15) is 18.7 Å². The molecule has 2 atom stereocenters. The molecule has 0 aliphatic carbocycles. The molecule has 4 N–H and O–H groups in total. The number of ether oxygens (including phenoxy) is 1. The molecule has 0 spiro atoms. The van der Waals surface area contributed by atoms with Crippen molar-refractivity contribution in [2.24, 2.45) is 5.92 Å². The first-order valence-corrected chi connectivity index (χ1v) is 12.4. The van der Waals surface area contributed by atoms with E-state index < -0.39 is 89.5 Å². The van der Waals surface area contributed by atoms with Gasteiger partial charge in [-0.3, -0.25) is 24.0 Å². The van der Waals surface area contributed by atoms with Crippen molar-refractivity contribution in [2.75, 3.05) is 11.9 Å². The molecule has 3 aromatic carbocycles. The lowest BCUT2D eigenvalue weighted by Crippen LogP contribution is -2.56. The summed E-state index contributed by atoms with van der Waals surface area (Å²) in [6.07, 6.45) is -1.02. The van der Waals surface area contributed by atoms with Gasteiger partial charge in [0.15, 0.2) is 23.2 Å². The van der Waals surface area contributed by atoms with Crippen LogP contribution in [-0.4, -0.2) is 53.3 Å². The number of hydrogen-bond donors (Lipinski definition) is 4. The number of ketones is 1. The van der Waals surface area contributed by atoms with Gasteiger partial charge in [0.2, 0.25) is 17.5 Å². The summed E-state index contributed by atoms with van der Waals surface area (Å²) < 4.78 is 59.1. The largest absolute Gasteiger partial charge is 0.481 e. The molecule has 3 rings (SSSR count). The molecule has 0 aliphatic heterocycles. The van der Waals surface area contributed by atoms with Gasteiger partial charge < -0.3 is 25.8 Å². The molecule has 42 heavy (non-hydrogen) atoms. The third-order valence-corrected chi connectivity index (χ3v) is 5.99. The highest BCUT2D eigenvalue weighted by Crippen LogP contribution is 2.26. The second-order valence-electron chi connectivity index (χ2n) is 9.39. The first-order chi connectivity index (χ1) is 19.8. The van der Waals surface area contributed by atoms with Gasteiger partial charge in [0.05, 0.1) is 6.42 Å². The SMILES string of the molecule is CC(C)[C@H](NC(=O)C(=O)Nc1cccc2ccccc12)C(=O)NC(CC(=O)O)C(=O)COc1c(F)c(F)cc(F)c1F. The Kier molecular flexibility index (Phi) is 10.2. The van der Waals surface area contributed by atoms with E-state index in [1.165, 1.54) is 13.8 Å². The Morgan fingerprint density at radius 3 is 2.10 bits per heavy atom. The van der Waals surface area contributed by atoms with Crippen molar-refractivity contribution in [3.63, 3.8) is 0 Å². The van der Waals surface area contributed by atoms with Crippen molar-refractivity contribution < 1.29 is 51.4 Å². The lowest BCUT2D eigenvalue weighted by Gasteiger charge is -2.24. The first kappa shape index (κ1) is 31.5. The summed E-state index contributed by atoms with van der Waals surface area (Å²) >= 11 is 0. The molecule has 222 valence electrons. The molecule has 0 bridgehead atoms. The van der Waals surface area contributed by atoms with Crippen molar-refractivity contribution in [1.29, 1.82) is 0 Å². The summed E-state index contributed by atoms with van der Waals surface area (Å²) in [6.45, 7) is 1.71. The van der Waals surface area contributed by atoms with Crippen LogP contribution in [0.3, 0.4) is 0 Å². The number of carbonyl (C=O) groups excluding carboxylic acids is 4. The lowest BCUT2D eigenvalue weighted by molar-refractivity contribution is -0.141. The summed E-state index contributed by atoms with van der Waals surface area (Å²) in [7, 11) is 0. The maximum Gasteiger partial charge on any atom is 0.313 e. The average Bonchev–Trinajstić information content (AvgIpc) is 2.93. The number of carbonyl (C=O) groups is 5. The van der Waals surface area contributed by atoms with Gasteiger partial charge in [-0.05, 0) is 17.4 Å². The molecule has 0 radical (unpaired) electrons. The Hall–Kier alpha value is -5.01. The number of Topliss-reactive ketones (excluding diaryl/α,β-unsaturated/α-hetero) is 1. The van der Waals surface area contributed by atoms with Crippen LogP contribution in [0.4, 0.5) is 23.2 Å². The van der Waals surface area contributed by atoms with Crippen molar-refractivity contribution in [1.82, 2.24) is 10.6 Å². The smallest absolute Gasteiger partial charge is 0.313 e. The minimum absolute atomic E-state index is 0.0739. The molecule has 0 heterocycles. The fourth-order valence-electron chi connectivity index (χ4n) is 3.86. The van der Waals surface area contributed by atoms with E-state index in [9.17, 15) is 46.6 Å². The minimum Gasteiger partial charge on any atom is -0.481 e. The van der Waals surface area contributed by atoms with E-state index >= 15 is 0 Å². The number of fused-ring (bicyclic) bond motifs is 1. The Balaban J connectivity index is 1.70. The fraction of sp³-hybridized carbons (Fsp3) is 0.250. The van der Waals surface area contributed by atoms with Crippen molar-refractivity contribution in [2.45, 2.75) is 32.4 Å². The molecule has 0 aromatic heterocycles. The van der Waals surface area contributed by atoms with Gasteiger partial charge in [-0.1, -0.05) is 50.2 Å². The summed E-state index contributed by atoms with van der Waals surface area (Å²) in [5.41, 5.74) is 0.331. The monoisotopic (exact) mass is 591 g/mol. The predicted octanol–water partition coefficient (Wildman–Crippen LogP) is 3.08. The number of benzene rings is 3. The summed E-state index contributed by atoms with van der Waals surface area (Å²) in [5, 5.41) is 17.4. The van der Waals surface area contributed by atoms with Crippen molar-refractivity contribution in [3.05, 3.63) is 71.8 Å². The van der Waals surface area contributed by atoms with Gasteiger partial charge in [0, 0.05) is 17.1 Å². The fourth-order valence-corrected chi connectivity index (χ4v) is 3.86. The number of carboxylic acid groups (broad SMARTS) is 1. The van der Waals surface area contributed by atoms with Crippen LogP contribution in [0, 0.1) is 29.2 Å². The number of rotatable bonds is 11. The highest BCUT2D eigenvalue weighted by molar-refractivity contribution is 6.40. The van der Waals surface area contributed by atoms with Crippen LogP contribution in [0.1, 0.15) is 20.3 Å². The summed E-state index contributed by atoms with van der Waals surface area (Å²) in [6, 6.07) is 8.73. The summed E-state index contributed by atoms with van der Waals surface area (Å²) in [5.74, 6) is -15.8. The Bertz CT molecular complexity index is 1520. The topological polar surface area (TPSA) is 151 Å². The zero-order chi connectivity index (χ0) is 31.1. The molecular weight excluding hydrogens is 566 g/mol. The number of nitrogens with one attached hydrogen (secondary N) is 3. The van der Waals surface area contributed by atoms with Crippen molar-refractivity contribution >= 4 is 45.9 Å². The number of aliphatic carboxylic acids is 1. The standard InChI is InChI=1S/C28H25F4N3O7/c1-13(2)24(35-28(41)27(40)33-18-9-5-7-14-6-3-4-8-15(14)18)26(39)34-19(11-21(37)38)20(36)12-42-25-22(31)16(29)10-17(30)23(25)32/h3-10,13,19,24H,11-12H2,1-2H3,(H,33,40)(H,34,39)(H,35,41)(H,37,38)/t19?,24-/m0/s1. The predicted molar refractivity (Wildman–Crippen MR) is 140 cm³/mol. The number of anilines is 1. The lowest BCUT2D eigenvalue weighted by atomic mass is 10.0. The Labute approximate surface area is 236 Å². The number of amides is 3. The molecule has 0 saturated carbocycles. The molecule has 3 aromatic rings. The third kappa shape index (κ3) is 7.59. The average molecular weight is 592 g/mol. The van der Waals surface area contributed by atoms with Crippen LogP contribution in [0.15, 0.2) is 48.5 Å². The van der Waals surface area contributed by atoms with Crippen LogP contribution in [0.5, 0.6) is 5.75 Å². The molecule has 0 fully saturated rings. The number of carboxylic acids is 1. The normalized spacial score (nSPS) is 12.4. The van der Waals surface area contributed by atoms with E-state index in [1.54, 1.807) is 42.5 Å². The minimum atomic E-state index is -1.93. The van der Waals surface area contributed by atoms with Crippen LogP contribution in [0.2, 0.25) is 0 Å². The van der Waals surface area contributed by atoms with Crippen LogP contribution in [0.25, 0.3) is 10.8 Å². The van der Waals surface area contributed by atoms with E-state index in [-0.39, 0.29) is 6.07 Å². The Morgan fingerprint density at radius 1 is 0.857 bits per heavy atom. The second-order valence-corrected chi connectivity index (χ2v) is 9.39. The molecular formula is C28H25F4N3O7. The zero-order valence-electron chi connectivity index (χ0n) is 22.2. The van der Waals surface area contributed by atoms with Gasteiger partial charge in [0.25, 0.3) is 0 Å². The summed E-state index contributed by atoms with van der Waals surface area (Å²) in [4.78, 5) is 62.2. The quantitative estimate of drug-likeness (QED) is 0.152. The molecule has 1 unspecified atom stereocenters. The van der Waals surface area contributed by atoms with Gasteiger partial charge in [-0.25, -0.2) is 8.78 Å². The van der Waals surface area contributed by atoms with E-state index in [4.69, 9.17) is 0 Å². The van der Waals surface area contributed by atoms with Gasteiger partial charge >= 0.3 is 17.8 Å². The van der Waals surface area contributed by atoms with Crippen molar-refractivity contribution in [3.8, 4) is 5.75 Å². The second kappa shape index (κ2) is 13.6. The maximum absolute atomic E-state index is 13.9. The molecule has 14 heteroatoms. The van der Waals surface area contributed by atoms with Crippen LogP contribution >= 0.6 is 0 Å². The van der Waals surface area contributed by atoms with E-state index in [0.717, 1.165) is 5.39 Å². The van der Waals surface area contributed by atoms with E-state index in [0.29, 0.717) is 11.1 Å². The highest BCUT2D eigenvalue weighted by Gasteiger charge is 2.32. The highest BCUT2D eigenvalue weighted by atomic mass is 19.2. The third-order valence-electron chi connectivity index (χ3n) is 5.99. The zero-order valence-corrected chi connectivity index (χ0v) is 22.2. The number of halogens is 4. The van der Waals surface area contributed by atoms with E-state index in [2.05, 4.69) is 20.7 Å². The maximum atomic E-state index is 13.9. The van der Waals surface area contributed by atoms with E-state index in [1.807, 2.05) is 0 Å². The van der Waals surface area contributed by atoms with Crippen LogP contribution < -0.4 is 20.7 Å². The molecule has 10 nitrogen and oxygen atoms in total. The Morgan fingerprint density at radius 2 is 1.48 bits per heavy atom.